The lowest BCUT2D eigenvalue weighted by Crippen LogP contribution is -2.34. The van der Waals surface area contributed by atoms with Gasteiger partial charge in [-0.15, -0.1) is 0 Å². The highest BCUT2D eigenvalue weighted by molar-refractivity contribution is 6.35. The molecule has 0 aliphatic rings. The maximum absolute atomic E-state index is 11.8. The minimum atomic E-state index is -0.312. The number of carbonyl (C=O) groups excluding carboxylic acids is 2. The third-order valence-corrected chi connectivity index (χ3v) is 2.79. The van der Waals surface area contributed by atoms with Gasteiger partial charge in [0.05, 0.1) is 10.6 Å². The SMILES string of the molecule is CCC(=O)NCCNC(=O)c1cc(Cl)ccc1Cl. The first-order chi connectivity index (χ1) is 8.54. The summed E-state index contributed by atoms with van der Waals surface area (Å²) in [6, 6.07) is 4.68. The van der Waals surface area contributed by atoms with E-state index in [1.54, 1.807) is 19.1 Å². The monoisotopic (exact) mass is 288 g/mol. The van der Waals surface area contributed by atoms with Crippen molar-refractivity contribution >= 4 is 35.0 Å². The molecule has 0 spiro atoms. The summed E-state index contributed by atoms with van der Waals surface area (Å²) < 4.78 is 0. The van der Waals surface area contributed by atoms with Crippen LogP contribution in [0.3, 0.4) is 0 Å². The summed E-state index contributed by atoms with van der Waals surface area (Å²) in [4.78, 5) is 22.7. The second-order valence-corrected chi connectivity index (χ2v) is 4.43. The number of hydrogen-bond donors (Lipinski definition) is 2. The van der Waals surface area contributed by atoms with E-state index in [1.807, 2.05) is 0 Å². The van der Waals surface area contributed by atoms with Crippen LogP contribution in [0.4, 0.5) is 0 Å². The molecule has 0 aromatic heterocycles. The second-order valence-electron chi connectivity index (χ2n) is 3.58. The van der Waals surface area contributed by atoms with E-state index in [1.165, 1.54) is 6.07 Å². The topological polar surface area (TPSA) is 58.2 Å². The van der Waals surface area contributed by atoms with Gasteiger partial charge in [0.2, 0.25) is 5.91 Å². The van der Waals surface area contributed by atoms with Crippen molar-refractivity contribution in [3.8, 4) is 0 Å². The Balaban J connectivity index is 2.46. The van der Waals surface area contributed by atoms with Crippen LogP contribution in [0.5, 0.6) is 0 Å². The largest absolute Gasteiger partial charge is 0.354 e. The summed E-state index contributed by atoms with van der Waals surface area (Å²) in [7, 11) is 0. The Bertz CT molecular complexity index is 450. The van der Waals surface area contributed by atoms with Crippen LogP contribution in [0.25, 0.3) is 0 Å². The van der Waals surface area contributed by atoms with E-state index in [0.717, 1.165) is 0 Å². The fourth-order valence-electron chi connectivity index (χ4n) is 1.27. The number of benzene rings is 1. The Labute approximate surface area is 116 Å². The lowest BCUT2D eigenvalue weighted by Gasteiger charge is -2.07. The number of amides is 2. The first kappa shape index (κ1) is 14.8. The zero-order valence-electron chi connectivity index (χ0n) is 9.93. The highest BCUT2D eigenvalue weighted by Crippen LogP contribution is 2.20. The van der Waals surface area contributed by atoms with Crippen LogP contribution in [0.2, 0.25) is 10.0 Å². The molecule has 1 rings (SSSR count). The lowest BCUT2D eigenvalue weighted by atomic mass is 10.2. The normalized spacial score (nSPS) is 9.94. The van der Waals surface area contributed by atoms with Crippen molar-refractivity contribution < 1.29 is 9.59 Å². The van der Waals surface area contributed by atoms with Crippen molar-refractivity contribution in [3.63, 3.8) is 0 Å². The molecule has 1 aromatic rings. The molecule has 4 nitrogen and oxygen atoms in total. The molecule has 2 N–H and O–H groups in total. The van der Waals surface area contributed by atoms with E-state index in [0.29, 0.717) is 35.1 Å². The van der Waals surface area contributed by atoms with Crippen molar-refractivity contribution in [2.45, 2.75) is 13.3 Å². The number of halogens is 2. The van der Waals surface area contributed by atoms with Crippen molar-refractivity contribution in [1.29, 1.82) is 0 Å². The highest BCUT2D eigenvalue weighted by atomic mass is 35.5. The molecule has 0 heterocycles. The van der Waals surface area contributed by atoms with E-state index in [-0.39, 0.29) is 11.8 Å². The van der Waals surface area contributed by atoms with Crippen molar-refractivity contribution in [3.05, 3.63) is 33.8 Å². The molecule has 18 heavy (non-hydrogen) atoms. The van der Waals surface area contributed by atoms with Crippen LogP contribution >= 0.6 is 23.2 Å². The third-order valence-electron chi connectivity index (χ3n) is 2.23. The van der Waals surface area contributed by atoms with Crippen molar-refractivity contribution in [1.82, 2.24) is 10.6 Å². The van der Waals surface area contributed by atoms with E-state index < -0.39 is 0 Å². The van der Waals surface area contributed by atoms with Crippen LogP contribution < -0.4 is 10.6 Å². The molecule has 0 aliphatic heterocycles. The van der Waals surface area contributed by atoms with Crippen molar-refractivity contribution in [2.75, 3.05) is 13.1 Å². The van der Waals surface area contributed by atoms with Crippen LogP contribution in [-0.2, 0) is 4.79 Å². The van der Waals surface area contributed by atoms with Gasteiger partial charge in [-0.1, -0.05) is 30.1 Å². The predicted molar refractivity (Wildman–Crippen MR) is 72.1 cm³/mol. The quantitative estimate of drug-likeness (QED) is 0.817. The number of carbonyl (C=O) groups is 2. The van der Waals surface area contributed by atoms with Crippen LogP contribution in [0, 0.1) is 0 Å². The molecule has 0 saturated carbocycles. The first-order valence-electron chi connectivity index (χ1n) is 5.54. The molecule has 0 unspecified atom stereocenters. The number of rotatable bonds is 5. The smallest absolute Gasteiger partial charge is 0.252 e. The molecule has 0 fully saturated rings. The number of hydrogen-bond acceptors (Lipinski definition) is 2. The van der Waals surface area contributed by atoms with Crippen molar-refractivity contribution in [2.24, 2.45) is 0 Å². The van der Waals surface area contributed by atoms with Gasteiger partial charge in [-0.05, 0) is 18.2 Å². The van der Waals surface area contributed by atoms with Gasteiger partial charge in [0.1, 0.15) is 0 Å². The molecule has 0 saturated heterocycles. The standard InChI is InChI=1S/C12H14Cl2N2O2/c1-2-11(17)15-5-6-16-12(18)9-7-8(13)3-4-10(9)14/h3-4,7H,2,5-6H2,1H3,(H,15,17)(H,16,18). The Kier molecular flexibility index (Phi) is 5.95. The fourth-order valence-corrected chi connectivity index (χ4v) is 1.65. The molecule has 98 valence electrons. The van der Waals surface area contributed by atoms with Gasteiger partial charge in [0.25, 0.3) is 5.91 Å². The zero-order chi connectivity index (χ0) is 13.5. The fraction of sp³-hybridized carbons (Fsp3) is 0.333. The summed E-state index contributed by atoms with van der Waals surface area (Å²) >= 11 is 11.7. The summed E-state index contributed by atoms with van der Waals surface area (Å²) in [6.45, 7) is 2.49. The Morgan fingerprint density at radius 3 is 2.50 bits per heavy atom. The minimum absolute atomic E-state index is 0.0509. The number of nitrogens with one attached hydrogen (secondary N) is 2. The summed E-state index contributed by atoms with van der Waals surface area (Å²) in [5.41, 5.74) is 0.325. The van der Waals surface area contributed by atoms with Crippen LogP contribution in [-0.4, -0.2) is 24.9 Å². The summed E-state index contributed by atoms with van der Waals surface area (Å²) in [5, 5.41) is 6.09. The molecule has 1 aromatic carbocycles. The van der Waals surface area contributed by atoms with E-state index in [4.69, 9.17) is 23.2 Å². The van der Waals surface area contributed by atoms with Gasteiger partial charge in [-0.2, -0.15) is 0 Å². The Hall–Kier alpha value is -1.26. The molecule has 6 heteroatoms. The maximum Gasteiger partial charge on any atom is 0.252 e. The van der Waals surface area contributed by atoms with E-state index in [2.05, 4.69) is 10.6 Å². The zero-order valence-corrected chi connectivity index (χ0v) is 11.4. The summed E-state index contributed by atoms with van der Waals surface area (Å²) in [6.07, 6.45) is 0.425. The third kappa shape index (κ3) is 4.55. The lowest BCUT2D eigenvalue weighted by molar-refractivity contribution is -0.120. The van der Waals surface area contributed by atoms with E-state index in [9.17, 15) is 9.59 Å². The maximum atomic E-state index is 11.8. The molecular formula is C12H14Cl2N2O2. The van der Waals surface area contributed by atoms with Gasteiger partial charge < -0.3 is 10.6 Å². The van der Waals surface area contributed by atoms with Gasteiger partial charge in [-0.3, -0.25) is 9.59 Å². The predicted octanol–water partition coefficient (Wildman–Crippen LogP) is 2.25. The molecule has 0 radical (unpaired) electrons. The van der Waals surface area contributed by atoms with Gasteiger partial charge >= 0.3 is 0 Å². The van der Waals surface area contributed by atoms with Gasteiger partial charge in [-0.25, -0.2) is 0 Å². The molecular weight excluding hydrogens is 275 g/mol. The van der Waals surface area contributed by atoms with Crippen LogP contribution in [0.1, 0.15) is 23.7 Å². The van der Waals surface area contributed by atoms with Gasteiger partial charge in [0, 0.05) is 24.5 Å². The molecule has 0 aliphatic carbocycles. The molecule has 2 amide bonds. The minimum Gasteiger partial charge on any atom is -0.354 e. The van der Waals surface area contributed by atoms with Crippen LogP contribution in [0.15, 0.2) is 18.2 Å². The highest BCUT2D eigenvalue weighted by Gasteiger charge is 2.10. The van der Waals surface area contributed by atoms with Gasteiger partial charge in [0.15, 0.2) is 0 Å². The second kappa shape index (κ2) is 7.24. The first-order valence-corrected chi connectivity index (χ1v) is 6.30. The molecule has 0 atom stereocenters. The Morgan fingerprint density at radius 1 is 1.17 bits per heavy atom. The molecule has 0 bridgehead atoms. The summed E-state index contributed by atoms with van der Waals surface area (Å²) in [5.74, 6) is -0.363. The Morgan fingerprint density at radius 2 is 1.83 bits per heavy atom. The average Bonchev–Trinajstić information content (AvgIpc) is 2.36. The van der Waals surface area contributed by atoms with E-state index >= 15 is 0 Å². The average molecular weight is 289 g/mol.